The van der Waals surface area contributed by atoms with E-state index in [0.29, 0.717) is 6.32 Å². The number of ether oxygens (including phenoxy) is 2. The summed E-state index contributed by atoms with van der Waals surface area (Å²) in [5, 5.41) is 0. The lowest BCUT2D eigenvalue weighted by Crippen LogP contribution is -2.05. The van der Waals surface area contributed by atoms with Gasteiger partial charge in [0.1, 0.15) is 0 Å². The van der Waals surface area contributed by atoms with E-state index >= 15 is 0 Å². The van der Waals surface area contributed by atoms with E-state index < -0.39 is 0 Å². The first kappa shape index (κ1) is 6.11. The monoisotopic (exact) mass is 112 g/mol. The fraction of sp³-hybridized carbons (Fsp3) is 1.00. The highest BCUT2D eigenvalue weighted by atomic mass is 16.7. The lowest BCUT2D eigenvalue weighted by molar-refractivity contribution is -0.0428. The summed E-state index contributed by atoms with van der Waals surface area (Å²) in [7, 11) is 5.25. The second-order valence-corrected chi connectivity index (χ2v) is 1.75. The average molecular weight is 112 g/mol. The molecule has 1 saturated heterocycles. The largest absolute Gasteiger partial charge is 0.350 e. The molecule has 0 bridgehead atoms. The van der Waals surface area contributed by atoms with Crippen molar-refractivity contribution in [2.45, 2.75) is 19.0 Å². The van der Waals surface area contributed by atoms with Crippen LogP contribution in [-0.2, 0) is 9.47 Å². The number of hydrogen-bond donors (Lipinski definition) is 0. The number of hydrogen-bond acceptors (Lipinski definition) is 2. The molecule has 0 aromatic rings. The van der Waals surface area contributed by atoms with Gasteiger partial charge in [0.15, 0.2) is 6.29 Å². The molecule has 1 rings (SSSR count). The van der Waals surface area contributed by atoms with Crippen LogP contribution < -0.4 is 0 Å². The molecule has 0 aromatic heterocycles. The molecule has 2 nitrogen and oxygen atoms in total. The molecule has 1 fully saturated rings. The van der Waals surface area contributed by atoms with Crippen molar-refractivity contribution in [1.29, 1.82) is 0 Å². The van der Waals surface area contributed by atoms with Gasteiger partial charge >= 0.3 is 0 Å². The van der Waals surface area contributed by atoms with Crippen molar-refractivity contribution in [3.8, 4) is 0 Å². The van der Waals surface area contributed by atoms with Crippen LogP contribution in [-0.4, -0.2) is 27.4 Å². The van der Waals surface area contributed by atoms with E-state index in [2.05, 4.69) is 0 Å². The molecule has 1 heterocycles. The van der Waals surface area contributed by atoms with E-state index in [9.17, 15) is 0 Å². The molecular weight excluding hydrogens is 103 g/mol. The Morgan fingerprint density at radius 1 is 1.38 bits per heavy atom. The first-order valence-electron chi connectivity index (χ1n) is 2.87. The second-order valence-electron chi connectivity index (χ2n) is 1.75. The summed E-state index contributed by atoms with van der Waals surface area (Å²) in [6.45, 7) is 1.45. The van der Waals surface area contributed by atoms with Crippen molar-refractivity contribution in [2.75, 3.05) is 13.2 Å². The Labute approximate surface area is 50.6 Å². The normalized spacial score (nSPS) is 22.0. The van der Waals surface area contributed by atoms with Gasteiger partial charge < -0.3 is 9.47 Å². The quantitative estimate of drug-likeness (QED) is 0.479. The first-order valence-corrected chi connectivity index (χ1v) is 2.87. The Kier molecular flexibility index (Phi) is 2.37. The van der Waals surface area contributed by atoms with Gasteiger partial charge in [-0.25, -0.2) is 0 Å². The van der Waals surface area contributed by atoms with Crippen LogP contribution in [0.3, 0.4) is 0 Å². The van der Waals surface area contributed by atoms with Crippen LogP contribution in [0.2, 0.25) is 6.32 Å². The number of rotatable bonds is 2. The summed E-state index contributed by atoms with van der Waals surface area (Å²) in [6.07, 6.45) is 1.45. The smallest absolute Gasteiger partial charge is 0.157 e. The minimum absolute atomic E-state index is 0.0139. The van der Waals surface area contributed by atoms with Crippen molar-refractivity contribution in [2.24, 2.45) is 0 Å². The summed E-state index contributed by atoms with van der Waals surface area (Å²) >= 11 is 0. The van der Waals surface area contributed by atoms with Crippen molar-refractivity contribution in [3.63, 3.8) is 0 Å². The van der Waals surface area contributed by atoms with Gasteiger partial charge in [0.25, 0.3) is 0 Å². The SMILES string of the molecule is [B]CCC1OCCO1. The maximum Gasteiger partial charge on any atom is 0.157 e. The Bertz CT molecular complexity index is 61.4. The molecule has 1 aliphatic rings. The fourth-order valence-corrected chi connectivity index (χ4v) is 0.710. The molecule has 1 aliphatic heterocycles. The predicted molar refractivity (Wildman–Crippen MR) is 30.9 cm³/mol. The second kappa shape index (κ2) is 3.10. The van der Waals surface area contributed by atoms with Crippen molar-refractivity contribution < 1.29 is 9.47 Å². The third-order valence-electron chi connectivity index (χ3n) is 1.09. The van der Waals surface area contributed by atoms with Crippen LogP contribution in [0.4, 0.5) is 0 Å². The highest BCUT2D eigenvalue weighted by Gasteiger charge is 2.12. The molecule has 0 amide bonds. The van der Waals surface area contributed by atoms with Crippen molar-refractivity contribution >= 4 is 7.85 Å². The summed E-state index contributed by atoms with van der Waals surface area (Å²) in [4.78, 5) is 0. The van der Waals surface area contributed by atoms with Gasteiger partial charge in [0, 0.05) is 0 Å². The lowest BCUT2D eigenvalue weighted by Gasteiger charge is -2.04. The van der Waals surface area contributed by atoms with E-state index in [1.165, 1.54) is 0 Å². The van der Waals surface area contributed by atoms with E-state index in [0.717, 1.165) is 19.6 Å². The van der Waals surface area contributed by atoms with Crippen LogP contribution in [0, 0.1) is 0 Å². The third kappa shape index (κ3) is 1.49. The van der Waals surface area contributed by atoms with Crippen LogP contribution >= 0.6 is 0 Å². The summed E-state index contributed by atoms with van der Waals surface area (Å²) in [6, 6.07) is 0. The Balaban J connectivity index is 2.06. The fourth-order valence-electron chi connectivity index (χ4n) is 0.710. The highest BCUT2D eigenvalue weighted by molar-refractivity contribution is 6.08. The van der Waals surface area contributed by atoms with Crippen molar-refractivity contribution in [1.82, 2.24) is 0 Å². The van der Waals surface area contributed by atoms with Crippen LogP contribution in [0.1, 0.15) is 6.42 Å². The zero-order valence-corrected chi connectivity index (χ0v) is 4.80. The first-order chi connectivity index (χ1) is 3.93. The topological polar surface area (TPSA) is 18.5 Å². The van der Waals surface area contributed by atoms with Gasteiger partial charge in [-0.15, -0.1) is 0 Å². The van der Waals surface area contributed by atoms with Crippen LogP contribution in [0.15, 0.2) is 0 Å². The molecule has 3 heteroatoms. The summed E-state index contributed by atoms with van der Waals surface area (Å²) < 4.78 is 10.2. The summed E-state index contributed by atoms with van der Waals surface area (Å²) in [5.74, 6) is 0. The van der Waals surface area contributed by atoms with Gasteiger partial charge in [-0.3, -0.25) is 0 Å². The van der Waals surface area contributed by atoms with Gasteiger partial charge in [-0.05, 0) is 6.42 Å². The van der Waals surface area contributed by atoms with Crippen LogP contribution in [0.25, 0.3) is 0 Å². The molecule has 0 saturated carbocycles. The third-order valence-corrected chi connectivity index (χ3v) is 1.09. The maximum atomic E-state index is 5.25. The zero-order valence-electron chi connectivity index (χ0n) is 4.80. The van der Waals surface area contributed by atoms with E-state index in [-0.39, 0.29) is 6.29 Å². The maximum absolute atomic E-state index is 5.25. The standard InChI is InChI=1S/C5H9BO2/c6-2-1-5-7-3-4-8-5/h5H,1-4H2. The molecule has 0 atom stereocenters. The molecule has 2 radical (unpaired) electrons. The molecular formula is C5H9BO2. The van der Waals surface area contributed by atoms with E-state index in [4.69, 9.17) is 17.3 Å². The van der Waals surface area contributed by atoms with Crippen LogP contribution in [0.5, 0.6) is 0 Å². The average Bonchev–Trinajstić information content (AvgIpc) is 2.19. The van der Waals surface area contributed by atoms with Gasteiger partial charge in [-0.1, -0.05) is 6.32 Å². The molecule has 44 valence electrons. The molecule has 0 spiro atoms. The van der Waals surface area contributed by atoms with Gasteiger partial charge in [0.2, 0.25) is 0 Å². The van der Waals surface area contributed by atoms with Crippen molar-refractivity contribution in [3.05, 3.63) is 0 Å². The molecule has 0 aliphatic carbocycles. The molecule has 0 unspecified atom stereocenters. The minimum Gasteiger partial charge on any atom is -0.350 e. The molecule has 8 heavy (non-hydrogen) atoms. The Morgan fingerprint density at radius 3 is 2.50 bits per heavy atom. The highest BCUT2D eigenvalue weighted by Crippen LogP contribution is 2.08. The van der Waals surface area contributed by atoms with E-state index in [1.807, 2.05) is 0 Å². The Morgan fingerprint density at radius 2 is 2.00 bits per heavy atom. The Hall–Kier alpha value is -0.0151. The predicted octanol–water partition coefficient (Wildman–Crippen LogP) is 0.336. The zero-order chi connectivity index (χ0) is 5.82. The molecule has 0 N–H and O–H groups in total. The van der Waals surface area contributed by atoms with Gasteiger partial charge in [0.05, 0.1) is 21.1 Å². The van der Waals surface area contributed by atoms with Gasteiger partial charge in [-0.2, -0.15) is 0 Å². The summed E-state index contributed by atoms with van der Waals surface area (Å²) in [5.41, 5.74) is 0. The lowest BCUT2D eigenvalue weighted by atomic mass is 10.0. The van der Waals surface area contributed by atoms with E-state index in [1.54, 1.807) is 0 Å². The minimum atomic E-state index is -0.0139. The molecule has 0 aromatic carbocycles.